The van der Waals surface area contributed by atoms with Gasteiger partial charge >= 0.3 is 0 Å². The number of morpholine rings is 1. The zero-order valence-corrected chi connectivity index (χ0v) is 23.3. The first-order chi connectivity index (χ1) is 16.4. The van der Waals surface area contributed by atoms with Crippen molar-refractivity contribution in [1.29, 1.82) is 0 Å². The summed E-state index contributed by atoms with van der Waals surface area (Å²) in [6, 6.07) is 10.3. The summed E-state index contributed by atoms with van der Waals surface area (Å²) in [4.78, 5) is 14.4. The number of hydrogen-bond acceptors (Lipinski definition) is 3. The zero-order chi connectivity index (χ0) is 26.6. The predicted octanol–water partition coefficient (Wildman–Crippen LogP) is 8.36. The van der Waals surface area contributed by atoms with E-state index in [2.05, 4.69) is 34.3 Å². The molecule has 2 aromatic carbocycles. The molecule has 2 atom stereocenters. The first-order valence-electron chi connectivity index (χ1n) is 11.4. The average Bonchev–Trinajstić information content (AvgIpc) is 2.77. The highest BCUT2D eigenvalue weighted by atomic mass is 35.5. The molecule has 3 rings (SSSR count). The molecule has 1 aliphatic rings. The third-order valence-electron chi connectivity index (χ3n) is 4.81. The maximum atomic E-state index is 13.9. The molecule has 0 N–H and O–H groups in total. The summed E-state index contributed by atoms with van der Waals surface area (Å²) >= 11 is 13.0. The van der Waals surface area contributed by atoms with Crippen LogP contribution in [0.25, 0.3) is 0 Å². The van der Waals surface area contributed by atoms with Gasteiger partial charge in [-0.25, -0.2) is 8.78 Å². The van der Waals surface area contributed by atoms with Crippen LogP contribution in [0.15, 0.2) is 55.1 Å². The Morgan fingerprint density at radius 3 is 2.37 bits per heavy atom. The van der Waals surface area contributed by atoms with Crippen molar-refractivity contribution in [3.63, 3.8) is 0 Å². The lowest BCUT2D eigenvalue weighted by Crippen LogP contribution is -2.50. The van der Waals surface area contributed by atoms with Gasteiger partial charge < -0.3 is 9.64 Å². The summed E-state index contributed by atoms with van der Waals surface area (Å²) in [7, 11) is 0. The molecular formula is C27H35Cl2F2NO2S. The summed E-state index contributed by atoms with van der Waals surface area (Å²) in [6.45, 7) is 14.3. The van der Waals surface area contributed by atoms with Crippen LogP contribution in [0.5, 0.6) is 0 Å². The van der Waals surface area contributed by atoms with Crippen LogP contribution in [0.3, 0.4) is 0 Å². The van der Waals surface area contributed by atoms with Gasteiger partial charge in [-0.1, -0.05) is 69.1 Å². The molecule has 2 aromatic rings. The van der Waals surface area contributed by atoms with E-state index in [-0.39, 0.29) is 40.2 Å². The van der Waals surface area contributed by atoms with Crippen LogP contribution in [0, 0.1) is 11.6 Å². The van der Waals surface area contributed by atoms with E-state index < -0.39 is 5.82 Å². The molecule has 1 aliphatic heterocycles. The first-order valence-corrected chi connectivity index (χ1v) is 13.1. The van der Waals surface area contributed by atoms with E-state index in [4.69, 9.17) is 27.9 Å². The van der Waals surface area contributed by atoms with Gasteiger partial charge in [0, 0.05) is 21.6 Å². The number of halogens is 4. The second kappa shape index (κ2) is 15.5. The van der Waals surface area contributed by atoms with Gasteiger partial charge in [-0.3, -0.25) is 4.79 Å². The molecule has 0 aromatic heterocycles. The first kappa shape index (κ1) is 31.4. The molecule has 35 heavy (non-hydrogen) atoms. The fourth-order valence-corrected chi connectivity index (χ4v) is 4.61. The Balaban J connectivity index is 0.000000461. The number of benzene rings is 2. The fourth-order valence-electron chi connectivity index (χ4n) is 3.22. The zero-order valence-electron chi connectivity index (χ0n) is 21.0. The highest BCUT2D eigenvalue weighted by Gasteiger charge is 2.35. The van der Waals surface area contributed by atoms with Crippen LogP contribution in [0.1, 0.15) is 52.6 Å². The molecule has 1 fully saturated rings. The van der Waals surface area contributed by atoms with Crippen molar-refractivity contribution in [1.82, 2.24) is 4.90 Å². The third-order valence-corrected chi connectivity index (χ3v) is 6.77. The largest absolute Gasteiger partial charge is 0.369 e. The van der Waals surface area contributed by atoms with E-state index >= 15 is 0 Å². The van der Waals surface area contributed by atoms with Crippen LogP contribution >= 0.6 is 35.0 Å². The van der Waals surface area contributed by atoms with Gasteiger partial charge in [-0.15, -0.1) is 6.58 Å². The Bertz CT molecular complexity index is 936. The maximum absolute atomic E-state index is 13.9. The lowest BCUT2D eigenvalue weighted by molar-refractivity contribution is -0.151. The van der Waals surface area contributed by atoms with E-state index in [1.54, 1.807) is 24.3 Å². The molecule has 1 heterocycles. The number of carbonyl (C=O) groups is 1. The second-order valence-corrected chi connectivity index (χ2v) is 11.5. The molecule has 0 saturated carbocycles. The van der Waals surface area contributed by atoms with Crippen molar-refractivity contribution in [3.8, 4) is 0 Å². The van der Waals surface area contributed by atoms with Gasteiger partial charge in [0.1, 0.15) is 18.2 Å². The summed E-state index contributed by atoms with van der Waals surface area (Å²) in [5.74, 6) is 0.0444. The minimum absolute atomic E-state index is 0.0389. The van der Waals surface area contributed by atoms with Crippen molar-refractivity contribution >= 4 is 40.9 Å². The van der Waals surface area contributed by atoms with Gasteiger partial charge in [0.05, 0.1) is 17.7 Å². The number of hydrogen-bond donors (Lipinski definition) is 0. The van der Waals surface area contributed by atoms with Crippen molar-refractivity contribution in [2.24, 2.45) is 0 Å². The molecular weight excluding hydrogens is 511 g/mol. The molecule has 0 spiro atoms. The Hall–Kier alpha value is -1.60. The number of ether oxygens (including phenoxy) is 1. The topological polar surface area (TPSA) is 29.5 Å². The lowest BCUT2D eigenvalue weighted by Gasteiger charge is -2.41. The fraction of sp³-hybridized carbons (Fsp3) is 0.444. The summed E-state index contributed by atoms with van der Waals surface area (Å²) in [5, 5.41) is 0.522. The van der Waals surface area contributed by atoms with Crippen LogP contribution in [-0.4, -0.2) is 40.6 Å². The van der Waals surface area contributed by atoms with Crippen molar-refractivity contribution in [2.45, 2.75) is 57.9 Å². The van der Waals surface area contributed by atoms with Crippen LogP contribution < -0.4 is 0 Å². The smallest absolute Gasteiger partial charge is 0.249 e. The van der Waals surface area contributed by atoms with Gasteiger partial charge in [0.15, 0.2) is 0 Å². The highest BCUT2D eigenvalue weighted by Crippen LogP contribution is 2.33. The molecule has 1 saturated heterocycles. The van der Waals surface area contributed by atoms with Crippen molar-refractivity contribution in [3.05, 3.63) is 82.4 Å². The SMILES string of the molecule is C=CC.CCC(CSC(C)(C)C)N1C(=O)COCC1c1ccc(Cl)c(F)c1.Fc1cccc(Cl)c1. The Kier molecular flexibility index (Phi) is 13.9. The second-order valence-electron chi connectivity index (χ2n) is 8.84. The van der Waals surface area contributed by atoms with E-state index in [0.717, 1.165) is 17.7 Å². The van der Waals surface area contributed by atoms with E-state index in [1.807, 2.05) is 23.6 Å². The number of amides is 1. The molecule has 2 unspecified atom stereocenters. The van der Waals surface area contributed by atoms with Crippen molar-refractivity contribution in [2.75, 3.05) is 19.0 Å². The quantitative estimate of drug-likeness (QED) is 0.353. The van der Waals surface area contributed by atoms with Gasteiger partial charge in [-0.2, -0.15) is 11.8 Å². The monoisotopic (exact) mass is 545 g/mol. The molecule has 3 nitrogen and oxygen atoms in total. The molecule has 8 heteroatoms. The minimum atomic E-state index is -0.468. The van der Waals surface area contributed by atoms with Crippen LogP contribution in [0.2, 0.25) is 10.0 Å². The number of nitrogens with zero attached hydrogens (tertiary/aromatic N) is 1. The lowest BCUT2D eigenvalue weighted by atomic mass is 10.0. The van der Waals surface area contributed by atoms with E-state index in [9.17, 15) is 13.6 Å². The number of rotatable bonds is 5. The predicted molar refractivity (Wildman–Crippen MR) is 145 cm³/mol. The van der Waals surface area contributed by atoms with Crippen LogP contribution in [-0.2, 0) is 9.53 Å². The average molecular weight is 547 g/mol. The highest BCUT2D eigenvalue weighted by molar-refractivity contribution is 8.00. The Morgan fingerprint density at radius 1 is 1.23 bits per heavy atom. The molecule has 0 radical (unpaired) electrons. The standard InChI is InChI=1S/C18H25ClFNO2S.C6H4ClF.C3H6/c1-5-13(11-24-18(2,3)4)21-16(9-23-10-17(21)22)12-6-7-14(19)15(20)8-12;7-5-2-1-3-6(8)4-5;1-3-2/h6-8,13,16H,5,9-11H2,1-4H3;1-4H;3H,1H2,2H3. The van der Waals surface area contributed by atoms with Gasteiger partial charge in [-0.05, 0) is 49.2 Å². The maximum Gasteiger partial charge on any atom is 0.249 e. The van der Waals surface area contributed by atoms with Crippen LogP contribution in [0.4, 0.5) is 8.78 Å². The van der Waals surface area contributed by atoms with Crippen molar-refractivity contribution < 1.29 is 18.3 Å². The minimum Gasteiger partial charge on any atom is -0.369 e. The summed E-state index contributed by atoms with van der Waals surface area (Å²) in [5.41, 5.74) is 0.726. The summed E-state index contributed by atoms with van der Waals surface area (Å²) in [6.07, 6.45) is 2.60. The van der Waals surface area contributed by atoms with E-state index in [1.165, 1.54) is 24.3 Å². The molecule has 194 valence electrons. The van der Waals surface area contributed by atoms with Gasteiger partial charge in [0.25, 0.3) is 0 Å². The number of carbonyl (C=O) groups excluding carboxylic acids is 1. The molecule has 0 aliphatic carbocycles. The molecule has 0 bridgehead atoms. The summed E-state index contributed by atoms with van der Waals surface area (Å²) < 4.78 is 31.5. The normalized spacial score (nSPS) is 16.4. The Morgan fingerprint density at radius 2 is 1.89 bits per heavy atom. The van der Waals surface area contributed by atoms with Gasteiger partial charge in [0.2, 0.25) is 5.91 Å². The third kappa shape index (κ3) is 11.3. The number of allylic oxidation sites excluding steroid dienone is 1. The Labute approximate surface area is 222 Å². The van der Waals surface area contributed by atoms with E-state index in [0.29, 0.717) is 11.6 Å². The number of thioether (sulfide) groups is 1. The molecule has 1 amide bonds.